The van der Waals surface area contributed by atoms with Crippen molar-refractivity contribution in [1.29, 1.82) is 0 Å². The Morgan fingerprint density at radius 1 is 0.566 bits per heavy atom. The van der Waals surface area contributed by atoms with Crippen LogP contribution in [0.3, 0.4) is 0 Å². The molecule has 0 spiro atoms. The standard InChI is InChI=1S/C47H36N2.2C2H6/c1-4-16-32(17-5-1)35-23-13-30-43(45(35)33-18-6-2-7-19-33)49-41-29-14-24-36(41)38-26-12-27-39(47(38)49)37-25-15-31-44-46(37)40-22-10-11-28-42(40)48(44)34-20-8-3-9-21-34;2*1-2/h1-10,12-18,20-27,30-31,33H,11,19,28-29H2;2*1-2H3. The number of fused-ring (bicyclic) bond motifs is 6. The summed E-state index contributed by atoms with van der Waals surface area (Å²) in [5.74, 6) is 0.284. The third-order valence-corrected chi connectivity index (χ3v) is 10.8. The predicted molar refractivity (Wildman–Crippen MR) is 229 cm³/mol. The molecule has 0 saturated heterocycles. The Hall–Kier alpha value is -5.86. The molecule has 262 valence electrons. The Balaban J connectivity index is 0.000000969. The zero-order chi connectivity index (χ0) is 36.3. The van der Waals surface area contributed by atoms with Crippen LogP contribution in [0.15, 0.2) is 152 Å². The lowest BCUT2D eigenvalue weighted by Gasteiger charge is -2.25. The highest BCUT2D eigenvalue weighted by atomic mass is 15.0. The summed E-state index contributed by atoms with van der Waals surface area (Å²) in [5.41, 5.74) is 17.1. The topological polar surface area (TPSA) is 9.86 Å². The van der Waals surface area contributed by atoms with Crippen molar-refractivity contribution in [3.63, 3.8) is 0 Å². The van der Waals surface area contributed by atoms with E-state index in [1.807, 2.05) is 27.7 Å². The number of rotatable bonds is 5. The minimum Gasteiger partial charge on any atom is -0.313 e. The maximum Gasteiger partial charge on any atom is 0.0616 e. The van der Waals surface area contributed by atoms with E-state index in [1.165, 1.54) is 83.5 Å². The van der Waals surface area contributed by atoms with Crippen LogP contribution in [0.4, 0.5) is 0 Å². The van der Waals surface area contributed by atoms with Gasteiger partial charge in [-0.25, -0.2) is 0 Å². The van der Waals surface area contributed by atoms with E-state index in [0.717, 1.165) is 25.7 Å². The molecule has 5 aromatic carbocycles. The molecule has 3 aliphatic rings. The van der Waals surface area contributed by atoms with Crippen molar-refractivity contribution in [3.05, 3.63) is 180 Å². The molecule has 10 rings (SSSR count). The summed E-state index contributed by atoms with van der Waals surface area (Å²) in [4.78, 5) is 0. The Morgan fingerprint density at radius 2 is 1.28 bits per heavy atom. The van der Waals surface area contributed by atoms with E-state index in [1.54, 1.807) is 0 Å². The first-order valence-electron chi connectivity index (χ1n) is 19.6. The van der Waals surface area contributed by atoms with Gasteiger partial charge in [-0.2, -0.15) is 0 Å². The third-order valence-electron chi connectivity index (χ3n) is 10.8. The Kier molecular flexibility index (Phi) is 9.70. The Bertz CT molecular complexity index is 2530. The molecule has 3 aliphatic carbocycles. The highest BCUT2D eigenvalue weighted by molar-refractivity contribution is 6.11. The van der Waals surface area contributed by atoms with Crippen LogP contribution in [0.2, 0.25) is 0 Å². The van der Waals surface area contributed by atoms with Gasteiger partial charge in [0.05, 0.1) is 16.7 Å². The van der Waals surface area contributed by atoms with Crippen LogP contribution in [0.5, 0.6) is 0 Å². The molecule has 0 N–H and O–H groups in total. The van der Waals surface area contributed by atoms with Crippen LogP contribution in [0, 0.1) is 0 Å². The molecule has 0 amide bonds. The van der Waals surface area contributed by atoms with Crippen molar-refractivity contribution in [1.82, 2.24) is 9.13 Å². The third kappa shape index (κ3) is 5.74. The number of hydrogen-bond acceptors (Lipinski definition) is 0. The minimum atomic E-state index is 0.284. The highest BCUT2D eigenvalue weighted by Gasteiger charge is 2.28. The van der Waals surface area contributed by atoms with Crippen molar-refractivity contribution < 1.29 is 0 Å². The van der Waals surface area contributed by atoms with Crippen molar-refractivity contribution in [3.8, 4) is 33.6 Å². The first-order valence-corrected chi connectivity index (χ1v) is 19.6. The number of benzene rings is 5. The van der Waals surface area contributed by atoms with E-state index in [4.69, 9.17) is 0 Å². The maximum absolute atomic E-state index is 2.63. The average molecular weight is 689 g/mol. The molecule has 1 atom stereocenters. The molecule has 53 heavy (non-hydrogen) atoms. The lowest BCUT2D eigenvalue weighted by atomic mass is 9.85. The fourth-order valence-electron chi connectivity index (χ4n) is 8.74. The van der Waals surface area contributed by atoms with Crippen LogP contribution in [0.25, 0.3) is 67.6 Å². The molecule has 0 radical (unpaired) electrons. The molecule has 2 heterocycles. The van der Waals surface area contributed by atoms with Gasteiger partial charge in [0, 0.05) is 56.9 Å². The van der Waals surface area contributed by atoms with Gasteiger partial charge in [-0.05, 0) is 65.8 Å². The van der Waals surface area contributed by atoms with Crippen molar-refractivity contribution in [2.45, 2.75) is 59.3 Å². The molecule has 7 aromatic rings. The molecule has 0 saturated carbocycles. The van der Waals surface area contributed by atoms with Gasteiger partial charge in [0.15, 0.2) is 0 Å². The van der Waals surface area contributed by atoms with Crippen LogP contribution < -0.4 is 0 Å². The van der Waals surface area contributed by atoms with Crippen LogP contribution in [-0.4, -0.2) is 9.13 Å². The molecule has 0 bridgehead atoms. The number of hydrogen-bond donors (Lipinski definition) is 0. The number of aromatic nitrogens is 2. The van der Waals surface area contributed by atoms with Crippen LogP contribution in [0.1, 0.15) is 74.5 Å². The summed E-state index contributed by atoms with van der Waals surface area (Å²) < 4.78 is 5.13. The monoisotopic (exact) mass is 688 g/mol. The van der Waals surface area contributed by atoms with Gasteiger partial charge >= 0.3 is 0 Å². The van der Waals surface area contributed by atoms with Crippen molar-refractivity contribution >= 4 is 34.0 Å². The van der Waals surface area contributed by atoms with Gasteiger partial charge < -0.3 is 9.13 Å². The summed E-state index contributed by atoms with van der Waals surface area (Å²) >= 11 is 0. The van der Waals surface area contributed by atoms with Crippen molar-refractivity contribution in [2.75, 3.05) is 0 Å². The molecule has 2 heteroatoms. The second-order valence-corrected chi connectivity index (χ2v) is 13.4. The minimum absolute atomic E-state index is 0.284. The summed E-state index contributed by atoms with van der Waals surface area (Å²) in [6.45, 7) is 8.00. The SMILES string of the molecule is C1=CCC(c2c(-c3ccccc3)cccc2-n2c3c(c4cccc(-c5cccc6c5c5c(n6-c6ccccc6)CCC=C5)c42)C=CC3)C=C1.CC.CC. The van der Waals surface area contributed by atoms with Gasteiger partial charge in [0.1, 0.15) is 0 Å². The van der Waals surface area contributed by atoms with Gasteiger partial charge in [0.2, 0.25) is 0 Å². The molecular formula is C51H48N2. The van der Waals surface area contributed by atoms with E-state index >= 15 is 0 Å². The molecule has 0 fully saturated rings. The highest BCUT2D eigenvalue weighted by Crippen LogP contribution is 2.47. The Morgan fingerprint density at radius 3 is 2.08 bits per heavy atom. The van der Waals surface area contributed by atoms with Crippen molar-refractivity contribution in [2.24, 2.45) is 0 Å². The quantitative estimate of drug-likeness (QED) is 0.170. The molecule has 2 aromatic heterocycles. The molecular weight excluding hydrogens is 641 g/mol. The molecule has 0 aliphatic heterocycles. The first-order chi connectivity index (χ1) is 26.4. The van der Waals surface area contributed by atoms with E-state index < -0.39 is 0 Å². The first kappa shape index (κ1) is 34.2. The Labute approximate surface area is 314 Å². The van der Waals surface area contributed by atoms with Crippen LogP contribution >= 0.6 is 0 Å². The summed E-state index contributed by atoms with van der Waals surface area (Å²) in [7, 11) is 0. The average Bonchev–Trinajstić information content (AvgIpc) is 3.95. The second kappa shape index (κ2) is 15.0. The van der Waals surface area contributed by atoms with Gasteiger partial charge in [-0.1, -0.05) is 167 Å². The van der Waals surface area contributed by atoms with E-state index in [9.17, 15) is 0 Å². The lowest BCUT2D eigenvalue weighted by molar-refractivity contribution is 0.837. The summed E-state index contributed by atoms with van der Waals surface area (Å²) in [5, 5.41) is 2.66. The number of para-hydroxylation sites is 2. The van der Waals surface area contributed by atoms with Crippen LogP contribution in [-0.2, 0) is 12.8 Å². The van der Waals surface area contributed by atoms with Gasteiger partial charge in [0.25, 0.3) is 0 Å². The lowest BCUT2D eigenvalue weighted by Crippen LogP contribution is -2.09. The normalized spacial score (nSPS) is 15.1. The fraction of sp³-hybridized carbons (Fsp3) is 0.176. The predicted octanol–water partition coefficient (Wildman–Crippen LogP) is 14.1. The molecule has 2 nitrogen and oxygen atoms in total. The molecule has 1 unspecified atom stereocenters. The number of nitrogens with zero attached hydrogens (tertiary/aromatic N) is 2. The van der Waals surface area contributed by atoms with E-state index in [-0.39, 0.29) is 5.92 Å². The summed E-state index contributed by atoms with van der Waals surface area (Å²) in [6, 6.07) is 42.6. The largest absolute Gasteiger partial charge is 0.313 e. The zero-order valence-corrected chi connectivity index (χ0v) is 31.4. The van der Waals surface area contributed by atoms with Gasteiger partial charge in [-0.3, -0.25) is 0 Å². The van der Waals surface area contributed by atoms with E-state index in [0.29, 0.717) is 0 Å². The number of allylic oxidation sites excluding steroid dienone is 6. The summed E-state index contributed by atoms with van der Waals surface area (Å²) in [6.07, 6.45) is 22.5. The van der Waals surface area contributed by atoms with E-state index in [2.05, 4.69) is 173 Å². The second-order valence-electron chi connectivity index (χ2n) is 13.4. The zero-order valence-electron chi connectivity index (χ0n) is 31.4. The smallest absolute Gasteiger partial charge is 0.0616 e. The van der Waals surface area contributed by atoms with Gasteiger partial charge in [-0.15, -0.1) is 0 Å². The maximum atomic E-state index is 2.63. The fourth-order valence-corrected chi connectivity index (χ4v) is 8.74.